The lowest BCUT2D eigenvalue weighted by Gasteiger charge is -1.94. The second kappa shape index (κ2) is 4.43. The number of hydrogen-bond acceptors (Lipinski definition) is 3. The maximum Gasteiger partial charge on any atom is 0.0991 e. The van der Waals surface area contributed by atoms with Crippen LogP contribution < -0.4 is 0 Å². The molecule has 12 heavy (non-hydrogen) atoms. The van der Waals surface area contributed by atoms with Crippen molar-refractivity contribution in [1.29, 1.82) is 10.5 Å². The fraction of sp³-hybridized carbons (Fsp3) is 0.111. The van der Waals surface area contributed by atoms with E-state index in [2.05, 4.69) is 0 Å². The molecule has 0 aromatic heterocycles. The molecular weight excluding hydrogens is 168 g/mol. The molecule has 0 saturated heterocycles. The first kappa shape index (κ1) is 8.64. The third-order valence-corrected chi connectivity index (χ3v) is 2.17. The van der Waals surface area contributed by atoms with Gasteiger partial charge in [-0.3, -0.25) is 0 Å². The fourth-order valence-electron chi connectivity index (χ4n) is 0.741. The Balaban J connectivity index is 2.68. The van der Waals surface area contributed by atoms with Gasteiger partial charge in [0.15, 0.2) is 0 Å². The summed E-state index contributed by atoms with van der Waals surface area (Å²) >= 11 is 1.47. The molecule has 0 aliphatic carbocycles. The van der Waals surface area contributed by atoms with Crippen LogP contribution in [0.15, 0.2) is 29.2 Å². The first-order valence-corrected chi connectivity index (χ1v) is 4.35. The average Bonchev–Trinajstić information content (AvgIpc) is 2.15. The van der Waals surface area contributed by atoms with Crippen molar-refractivity contribution in [1.82, 2.24) is 0 Å². The highest BCUT2D eigenvalue weighted by Gasteiger charge is 1.92. The van der Waals surface area contributed by atoms with Gasteiger partial charge in [-0.1, -0.05) is 0 Å². The maximum absolute atomic E-state index is 8.50. The van der Waals surface area contributed by atoms with E-state index in [1.165, 1.54) is 11.8 Å². The normalized spacial score (nSPS) is 8.50. The van der Waals surface area contributed by atoms with Crippen LogP contribution in [-0.2, 0) is 0 Å². The van der Waals surface area contributed by atoms with Crippen LogP contribution in [0.4, 0.5) is 0 Å². The lowest BCUT2D eigenvalue weighted by atomic mass is 10.2. The van der Waals surface area contributed by atoms with Crippen molar-refractivity contribution in [3.8, 4) is 12.1 Å². The lowest BCUT2D eigenvalue weighted by Crippen LogP contribution is -1.75. The molecule has 0 aliphatic rings. The van der Waals surface area contributed by atoms with Crippen LogP contribution >= 0.6 is 11.8 Å². The standard InChI is InChI=1S/C9H6N2S/c10-5-6-12-9-3-1-8(7-11)2-4-9/h1-4H,6H2. The molecule has 0 N–H and O–H groups in total. The van der Waals surface area contributed by atoms with Gasteiger partial charge in [0.2, 0.25) is 0 Å². The summed E-state index contributed by atoms with van der Waals surface area (Å²) in [6.07, 6.45) is 0. The largest absolute Gasteiger partial charge is 0.197 e. The van der Waals surface area contributed by atoms with Crippen molar-refractivity contribution in [2.24, 2.45) is 0 Å². The Morgan fingerprint density at radius 3 is 2.33 bits per heavy atom. The Kier molecular flexibility index (Phi) is 3.19. The smallest absolute Gasteiger partial charge is 0.0991 e. The molecule has 0 fully saturated rings. The average molecular weight is 174 g/mol. The van der Waals surface area contributed by atoms with Crippen molar-refractivity contribution in [2.75, 3.05) is 5.75 Å². The Morgan fingerprint density at radius 1 is 1.17 bits per heavy atom. The van der Waals surface area contributed by atoms with Gasteiger partial charge in [0.05, 0.1) is 23.5 Å². The topological polar surface area (TPSA) is 47.6 Å². The van der Waals surface area contributed by atoms with E-state index in [1.807, 2.05) is 24.3 Å². The number of benzene rings is 1. The number of thioether (sulfide) groups is 1. The van der Waals surface area contributed by atoms with E-state index in [4.69, 9.17) is 10.5 Å². The molecule has 0 saturated carbocycles. The maximum atomic E-state index is 8.50. The van der Waals surface area contributed by atoms with Crippen LogP contribution in [0.3, 0.4) is 0 Å². The summed E-state index contributed by atoms with van der Waals surface area (Å²) in [5.74, 6) is 0.450. The van der Waals surface area contributed by atoms with Gasteiger partial charge in [-0.25, -0.2) is 0 Å². The highest BCUT2D eigenvalue weighted by molar-refractivity contribution is 7.99. The Hall–Kier alpha value is -1.45. The molecule has 0 unspecified atom stereocenters. The molecule has 0 amide bonds. The van der Waals surface area contributed by atoms with Crippen LogP contribution in [0.1, 0.15) is 5.56 Å². The minimum atomic E-state index is 0.450. The molecule has 1 aromatic carbocycles. The molecule has 0 radical (unpaired) electrons. The Labute approximate surface area is 75.4 Å². The number of hydrogen-bond donors (Lipinski definition) is 0. The molecular formula is C9H6N2S. The van der Waals surface area contributed by atoms with E-state index in [1.54, 1.807) is 12.1 Å². The van der Waals surface area contributed by atoms with Crippen molar-refractivity contribution in [3.63, 3.8) is 0 Å². The highest BCUT2D eigenvalue weighted by atomic mass is 32.2. The van der Waals surface area contributed by atoms with Crippen LogP contribution in [0.2, 0.25) is 0 Å². The molecule has 0 heterocycles. The van der Waals surface area contributed by atoms with Crippen molar-refractivity contribution >= 4 is 11.8 Å². The van der Waals surface area contributed by atoms with Gasteiger partial charge < -0.3 is 0 Å². The Morgan fingerprint density at radius 2 is 1.83 bits per heavy atom. The van der Waals surface area contributed by atoms with Gasteiger partial charge in [-0.15, -0.1) is 11.8 Å². The monoisotopic (exact) mass is 174 g/mol. The number of nitriles is 2. The molecule has 0 spiro atoms. The zero-order chi connectivity index (χ0) is 8.81. The van der Waals surface area contributed by atoms with Crippen LogP contribution in [0.5, 0.6) is 0 Å². The fourth-order valence-corrected chi connectivity index (χ4v) is 1.30. The van der Waals surface area contributed by atoms with Crippen LogP contribution in [0.25, 0.3) is 0 Å². The summed E-state index contributed by atoms with van der Waals surface area (Å²) < 4.78 is 0. The van der Waals surface area contributed by atoms with E-state index < -0.39 is 0 Å². The predicted molar refractivity (Wildman–Crippen MR) is 47.5 cm³/mol. The molecule has 3 heteroatoms. The van der Waals surface area contributed by atoms with Gasteiger partial charge in [0.1, 0.15) is 0 Å². The summed E-state index contributed by atoms with van der Waals surface area (Å²) in [5, 5.41) is 16.8. The molecule has 58 valence electrons. The van der Waals surface area contributed by atoms with E-state index in [9.17, 15) is 0 Å². The number of rotatable bonds is 2. The quantitative estimate of drug-likeness (QED) is 0.645. The van der Waals surface area contributed by atoms with E-state index in [0.29, 0.717) is 11.3 Å². The van der Waals surface area contributed by atoms with Gasteiger partial charge in [0.25, 0.3) is 0 Å². The molecule has 1 rings (SSSR count). The summed E-state index contributed by atoms with van der Waals surface area (Å²) in [5.41, 5.74) is 0.649. The van der Waals surface area contributed by atoms with Crippen molar-refractivity contribution in [3.05, 3.63) is 29.8 Å². The molecule has 0 atom stereocenters. The van der Waals surface area contributed by atoms with E-state index >= 15 is 0 Å². The second-order valence-corrected chi connectivity index (χ2v) is 3.13. The lowest BCUT2D eigenvalue weighted by molar-refractivity contribution is 1.41. The second-order valence-electron chi connectivity index (χ2n) is 2.08. The van der Waals surface area contributed by atoms with Crippen LogP contribution in [0, 0.1) is 22.7 Å². The van der Waals surface area contributed by atoms with Gasteiger partial charge in [0, 0.05) is 4.90 Å². The first-order chi connectivity index (χ1) is 5.86. The van der Waals surface area contributed by atoms with Gasteiger partial charge >= 0.3 is 0 Å². The molecule has 0 aliphatic heterocycles. The third kappa shape index (κ3) is 2.30. The summed E-state index contributed by atoms with van der Waals surface area (Å²) in [7, 11) is 0. The minimum absolute atomic E-state index is 0.450. The predicted octanol–water partition coefficient (Wildman–Crippen LogP) is 2.17. The number of nitrogens with zero attached hydrogens (tertiary/aromatic N) is 2. The molecule has 0 bridgehead atoms. The summed E-state index contributed by atoms with van der Waals surface area (Å²) in [4.78, 5) is 1.02. The van der Waals surface area contributed by atoms with Crippen LogP contribution in [-0.4, -0.2) is 5.75 Å². The van der Waals surface area contributed by atoms with E-state index in [-0.39, 0.29) is 0 Å². The molecule has 1 aromatic rings. The summed E-state index contributed by atoms with van der Waals surface area (Å²) in [6.45, 7) is 0. The highest BCUT2D eigenvalue weighted by Crippen LogP contribution is 2.17. The molecule has 2 nitrogen and oxygen atoms in total. The zero-order valence-electron chi connectivity index (χ0n) is 6.32. The van der Waals surface area contributed by atoms with Crippen molar-refractivity contribution in [2.45, 2.75) is 4.90 Å². The van der Waals surface area contributed by atoms with E-state index in [0.717, 1.165) is 4.90 Å². The Bertz CT molecular complexity index is 329. The SMILES string of the molecule is N#CCSc1ccc(C#N)cc1. The van der Waals surface area contributed by atoms with Gasteiger partial charge in [-0.05, 0) is 24.3 Å². The first-order valence-electron chi connectivity index (χ1n) is 3.36. The minimum Gasteiger partial charge on any atom is -0.197 e. The van der Waals surface area contributed by atoms with Gasteiger partial charge in [-0.2, -0.15) is 10.5 Å². The van der Waals surface area contributed by atoms with Crippen molar-refractivity contribution < 1.29 is 0 Å². The summed E-state index contributed by atoms with van der Waals surface area (Å²) in [6, 6.07) is 11.3. The third-order valence-electron chi connectivity index (χ3n) is 1.29. The zero-order valence-corrected chi connectivity index (χ0v) is 7.14.